The van der Waals surface area contributed by atoms with Crippen molar-refractivity contribution in [1.29, 1.82) is 0 Å². The van der Waals surface area contributed by atoms with Crippen molar-refractivity contribution >= 4 is 23.4 Å². The highest BCUT2D eigenvalue weighted by Gasteiger charge is 2.42. The van der Waals surface area contributed by atoms with E-state index in [1.165, 1.54) is 36.4 Å². The van der Waals surface area contributed by atoms with Crippen molar-refractivity contribution in [2.75, 3.05) is 11.9 Å². The van der Waals surface area contributed by atoms with Gasteiger partial charge in [0.05, 0.1) is 11.1 Å². The van der Waals surface area contributed by atoms with Gasteiger partial charge >= 0.3 is 6.18 Å². The van der Waals surface area contributed by atoms with E-state index in [-0.39, 0.29) is 29.0 Å². The molecule has 0 fully saturated rings. The highest BCUT2D eigenvalue weighted by atomic mass is 19.4. The Kier molecular flexibility index (Phi) is 6.36. The van der Waals surface area contributed by atoms with E-state index in [4.69, 9.17) is 0 Å². The molecule has 6 nitrogen and oxygen atoms in total. The number of nitrogens with zero attached hydrogens (tertiary/aromatic N) is 1. The lowest BCUT2D eigenvalue weighted by Gasteiger charge is -2.25. The molecule has 34 heavy (non-hydrogen) atoms. The van der Waals surface area contributed by atoms with Crippen molar-refractivity contribution in [2.45, 2.75) is 18.6 Å². The number of halogens is 3. The molecular weight excluding hydrogens is 449 g/mol. The average Bonchev–Trinajstić information content (AvgIpc) is 3.07. The topological polar surface area (TPSA) is 75.7 Å². The normalized spacial score (nSPS) is 14.0. The van der Waals surface area contributed by atoms with Gasteiger partial charge in [-0.1, -0.05) is 42.5 Å². The zero-order valence-electron chi connectivity index (χ0n) is 17.7. The molecule has 1 atom stereocenters. The number of alkyl halides is 3. The predicted octanol–water partition coefficient (Wildman–Crippen LogP) is 4.47. The Balaban J connectivity index is 1.56. The van der Waals surface area contributed by atoms with Crippen LogP contribution in [-0.2, 0) is 11.2 Å². The van der Waals surface area contributed by atoms with Crippen LogP contribution in [0, 0.1) is 0 Å². The van der Waals surface area contributed by atoms with Gasteiger partial charge in [0.15, 0.2) is 6.61 Å². The number of nitrogens with one attached hydrogen (secondary N) is 1. The van der Waals surface area contributed by atoms with Crippen LogP contribution in [0.3, 0.4) is 0 Å². The number of carbonyl (C=O) groups excluding carboxylic acids is 3. The minimum absolute atomic E-state index is 0.0171. The molecule has 0 saturated carbocycles. The number of rotatable bonds is 7. The molecule has 4 rings (SSSR count). The molecule has 3 aromatic carbocycles. The fourth-order valence-corrected chi connectivity index (χ4v) is 3.65. The molecule has 1 N–H and O–H groups in total. The summed E-state index contributed by atoms with van der Waals surface area (Å²) in [5, 5.41) is 2.64. The lowest BCUT2D eigenvalue weighted by atomic mass is 10.0. The lowest BCUT2D eigenvalue weighted by Crippen LogP contribution is -2.48. The van der Waals surface area contributed by atoms with Gasteiger partial charge in [0.25, 0.3) is 11.8 Å². The van der Waals surface area contributed by atoms with Gasteiger partial charge < -0.3 is 10.1 Å². The summed E-state index contributed by atoms with van der Waals surface area (Å²) in [6.07, 6.45) is -4.38. The molecule has 0 saturated heterocycles. The third-order valence-electron chi connectivity index (χ3n) is 5.24. The zero-order chi connectivity index (χ0) is 24.3. The second-order valence-corrected chi connectivity index (χ2v) is 7.65. The van der Waals surface area contributed by atoms with Crippen molar-refractivity contribution in [3.63, 3.8) is 0 Å². The fraction of sp³-hybridized carbons (Fsp3) is 0.160. The summed E-state index contributed by atoms with van der Waals surface area (Å²) in [5.41, 5.74) is 1.48. The van der Waals surface area contributed by atoms with Crippen molar-refractivity contribution < 1.29 is 32.3 Å². The van der Waals surface area contributed by atoms with E-state index in [1.807, 2.05) is 6.07 Å². The first kappa shape index (κ1) is 23.0. The summed E-state index contributed by atoms with van der Waals surface area (Å²) in [5.74, 6) is -1.75. The van der Waals surface area contributed by atoms with Crippen LogP contribution in [-0.4, -0.2) is 41.4 Å². The number of ether oxygens (including phenoxy) is 1. The molecule has 0 aromatic heterocycles. The zero-order valence-corrected chi connectivity index (χ0v) is 17.7. The van der Waals surface area contributed by atoms with Crippen LogP contribution < -0.4 is 10.1 Å². The highest BCUT2D eigenvalue weighted by molar-refractivity contribution is 6.23. The molecule has 1 unspecified atom stereocenters. The number of fused-ring (bicyclic) bond motifs is 1. The molecule has 9 heteroatoms. The van der Waals surface area contributed by atoms with E-state index in [2.05, 4.69) is 10.1 Å². The molecule has 1 heterocycles. The standard InChI is InChI=1S/C25H19F3N2O4/c26-25(27,28)15-34-18-12-10-17(11-13-18)29-22(31)21(14-16-6-2-1-3-7-16)30-23(32)19-8-4-5-9-20(19)24(30)33/h1-13,21H,14-15H2,(H,29,31). The van der Waals surface area contributed by atoms with Crippen molar-refractivity contribution in [1.82, 2.24) is 4.90 Å². The van der Waals surface area contributed by atoms with Crippen LogP contribution in [0.4, 0.5) is 18.9 Å². The van der Waals surface area contributed by atoms with E-state index < -0.39 is 36.5 Å². The predicted molar refractivity (Wildman–Crippen MR) is 117 cm³/mol. The first-order chi connectivity index (χ1) is 16.2. The average molecular weight is 468 g/mol. The number of imide groups is 1. The van der Waals surface area contributed by atoms with E-state index in [9.17, 15) is 27.6 Å². The third-order valence-corrected chi connectivity index (χ3v) is 5.24. The molecule has 0 spiro atoms. The molecule has 0 aliphatic carbocycles. The molecule has 1 aliphatic rings. The Morgan fingerprint density at radius 1 is 0.853 bits per heavy atom. The van der Waals surface area contributed by atoms with Crippen molar-refractivity contribution in [3.05, 3.63) is 95.6 Å². The number of carbonyl (C=O) groups is 3. The van der Waals surface area contributed by atoms with Gasteiger partial charge in [-0.25, -0.2) is 0 Å². The summed E-state index contributed by atoms with van der Waals surface area (Å²) in [4.78, 5) is 40.2. The minimum Gasteiger partial charge on any atom is -0.484 e. The number of hydrogen-bond donors (Lipinski definition) is 1. The minimum atomic E-state index is -4.47. The molecule has 1 aliphatic heterocycles. The van der Waals surface area contributed by atoms with Gasteiger partial charge in [-0.15, -0.1) is 0 Å². The SMILES string of the molecule is O=C(Nc1ccc(OCC(F)(F)F)cc1)C(Cc1ccccc1)N1C(=O)c2ccccc2C1=O. The van der Waals surface area contributed by atoms with Crippen LogP contribution in [0.5, 0.6) is 5.75 Å². The van der Waals surface area contributed by atoms with E-state index in [0.717, 1.165) is 10.5 Å². The first-order valence-electron chi connectivity index (χ1n) is 10.3. The maximum Gasteiger partial charge on any atom is 0.422 e. The molecule has 3 aromatic rings. The fourth-order valence-electron chi connectivity index (χ4n) is 3.65. The van der Waals surface area contributed by atoms with Crippen LogP contribution in [0.15, 0.2) is 78.9 Å². The number of amides is 3. The number of hydrogen-bond acceptors (Lipinski definition) is 4. The van der Waals surface area contributed by atoms with Gasteiger partial charge in [0.2, 0.25) is 5.91 Å². The van der Waals surface area contributed by atoms with Crippen LogP contribution in [0.2, 0.25) is 0 Å². The molecular formula is C25H19F3N2O4. The van der Waals surface area contributed by atoms with Crippen LogP contribution in [0.25, 0.3) is 0 Å². The van der Waals surface area contributed by atoms with Crippen LogP contribution in [0.1, 0.15) is 26.3 Å². The van der Waals surface area contributed by atoms with Gasteiger partial charge in [-0.3, -0.25) is 19.3 Å². The Morgan fingerprint density at radius 2 is 1.41 bits per heavy atom. The summed E-state index contributed by atoms with van der Waals surface area (Å²) in [6, 6.07) is 19.5. The second-order valence-electron chi connectivity index (χ2n) is 7.65. The molecule has 3 amide bonds. The quantitative estimate of drug-likeness (QED) is 0.519. The summed E-state index contributed by atoms with van der Waals surface area (Å²) in [6.45, 7) is -1.43. The second kappa shape index (κ2) is 9.38. The van der Waals surface area contributed by atoms with E-state index >= 15 is 0 Å². The first-order valence-corrected chi connectivity index (χ1v) is 10.3. The highest BCUT2D eigenvalue weighted by Crippen LogP contribution is 2.27. The van der Waals surface area contributed by atoms with Crippen molar-refractivity contribution in [2.24, 2.45) is 0 Å². The van der Waals surface area contributed by atoms with Crippen LogP contribution >= 0.6 is 0 Å². The number of benzene rings is 3. The Labute approximate surface area is 192 Å². The Bertz CT molecular complexity index is 1180. The van der Waals surface area contributed by atoms with Crippen molar-refractivity contribution in [3.8, 4) is 5.75 Å². The van der Waals surface area contributed by atoms with E-state index in [0.29, 0.717) is 0 Å². The Hall–Kier alpha value is -4.14. The number of anilines is 1. The maximum absolute atomic E-state index is 13.3. The third kappa shape index (κ3) is 5.09. The summed E-state index contributed by atoms with van der Waals surface area (Å²) in [7, 11) is 0. The van der Waals surface area contributed by atoms with E-state index in [1.54, 1.807) is 36.4 Å². The molecule has 174 valence electrons. The maximum atomic E-state index is 13.3. The van der Waals surface area contributed by atoms with Gasteiger partial charge in [-0.05, 0) is 42.0 Å². The van der Waals surface area contributed by atoms with Gasteiger partial charge in [0.1, 0.15) is 11.8 Å². The van der Waals surface area contributed by atoms with Gasteiger partial charge in [-0.2, -0.15) is 13.2 Å². The summed E-state index contributed by atoms with van der Waals surface area (Å²) >= 11 is 0. The summed E-state index contributed by atoms with van der Waals surface area (Å²) < 4.78 is 41.7. The lowest BCUT2D eigenvalue weighted by molar-refractivity contribution is -0.153. The smallest absolute Gasteiger partial charge is 0.422 e. The Morgan fingerprint density at radius 3 is 1.97 bits per heavy atom. The molecule has 0 radical (unpaired) electrons. The largest absolute Gasteiger partial charge is 0.484 e. The van der Waals surface area contributed by atoms with Gasteiger partial charge in [0, 0.05) is 12.1 Å². The monoisotopic (exact) mass is 468 g/mol. The molecule has 0 bridgehead atoms.